The second-order valence-corrected chi connectivity index (χ2v) is 9.38. The van der Waals surface area contributed by atoms with Gasteiger partial charge in [0.2, 0.25) is 23.6 Å². The van der Waals surface area contributed by atoms with Crippen LogP contribution in [0.4, 0.5) is 0 Å². The molecule has 0 aliphatic rings. The van der Waals surface area contributed by atoms with Crippen molar-refractivity contribution in [3.63, 3.8) is 0 Å². The van der Waals surface area contributed by atoms with Crippen molar-refractivity contribution in [2.24, 2.45) is 29.2 Å². The largest absolute Gasteiger partial charge is 0.480 e. The molecule has 4 amide bonds. The van der Waals surface area contributed by atoms with Crippen LogP contribution in [0.1, 0.15) is 73.6 Å². The lowest BCUT2D eigenvalue weighted by molar-refractivity contribution is -0.143. The van der Waals surface area contributed by atoms with Crippen molar-refractivity contribution in [1.29, 1.82) is 0 Å². The average Bonchev–Trinajstić information content (AvgIpc) is 2.76. The van der Waals surface area contributed by atoms with Gasteiger partial charge in [-0.15, -0.1) is 0 Å². The van der Waals surface area contributed by atoms with Crippen molar-refractivity contribution in [3.8, 4) is 0 Å². The fraction of sp³-hybridized carbons (Fsp3) is 0.783. The van der Waals surface area contributed by atoms with Crippen molar-refractivity contribution in [3.05, 3.63) is 0 Å². The molecule has 11 nitrogen and oxygen atoms in total. The second-order valence-electron chi connectivity index (χ2n) is 9.38. The Morgan fingerprint density at radius 2 is 1.32 bits per heavy atom. The van der Waals surface area contributed by atoms with Gasteiger partial charge in [0.25, 0.3) is 0 Å². The molecule has 6 unspecified atom stereocenters. The number of amides is 4. The van der Waals surface area contributed by atoms with Gasteiger partial charge in [0.1, 0.15) is 18.1 Å². The minimum atomic E-state index is -1.21. The number of rotatable bonds is 16. The van der Waals surface area contributed by atoms with E-state index < -0.39 is 53.8 Å². The van der Waals surface area contributed by atoms with Gasteiger partial charge in [-0.3, -0.25) is 19.2 Å². The van der Waals surface area contributed by atoms with Crippen LogP contribution < -0.4 is 27.4 Å². The SMILES string of the molecule is CCC(C)C(N)C(=O)NC(C(=O)NC(CCC(N)=O)C(=O)NC(CC(C)C)C(=O)O)C(C)CC. The molecule has 0 saturated heterocycles. The fourth-order valence-corrected chi connectivity index (χ4v) is 3.25. The average molecular weight is 486 g/mol. The van der Waals surface area contributed by atoms with Gasteiger partial charge in [-0.05, 0) is 30.6 Å². The third kappa shape index (κ3) is 11.0. The van der Waals surface area contributed by atoms with Crippen LogP contribution in [0.3, 0.4) is 0 Å². The number of hydrogen-bond acceptors (Lipinski definition) is 6. The zero-order valence-corrected chi connectivity index (χ0v) is 21.2. The van der Waals surface area contributed by atoms with E-state index in [-0.39, 0.29) is 37.0 Å². The first-order valence-corrected chi connectivity index (χ1v) is 11.9. The molecule has 0 aliphatic carbocycles. The lowest BCUT2D eigenvalue weighted by atomic mass is 9.95. The smallest absolute Gasteiger partial charge is 0.326 e. The molecule has 0 fully saturated rings. The maximum absolute atomic E-state index is 13.1. The standard InChI is InChI=1S/C23H43N5O6/c1-7-13(5)18(25)21(31)28-19(14(6)8-2)22(32)26-15(9-10-17(24)29)20(30)27-16(23(33)34)11-12(3)4/h12-16,18-19H,7-11,25H2,1-6H3,(H2,24,29)(H,26,32)(H,27,30)(H,28,31)(H,33,34). The van der Waals surface area contributed by atoms with Gasteiger partial charge >= 0.3 is 5.97 Å². The molecule has 6 atom stereocenters. The quantitative estimate of drug-likeness (QED) is 0.180. The van der Waals surface area contributed by atoms with Crippen molar-refractivity contribution in [2.45, 2.75) is 97.8 Å². The van der Waals surface area contributed by atoms with Gasteiger partial charge in [0.05, 0.1) is 6.04 Å². The lowest BCUT2D eigenvalue weighted by Gasteiger charge is -2.29. The van der Waals surface area contributed by atoms with Crippen LogP contribution in [0.2, 0.25) is 0 Å². The molecule has 0 saturated carbocycles. The third-order valence-electron chi connectivity index (χ3n) is 5.99. The molecule has 0 spiro atoms. The first kappa shape index (κ1) is 31.3. The number of carboxylic acid groups (broad SMARTS) is 1. The monoisotopic (exact) mass is 485 g/mol. The summed E-state index contributed by atoms with van der Waals surface area (Å²) in [7, 11) is 0. The van der Waals surface area contributed by atoms with Gasteiger partial charge in [-0.1, -0.05) is 54.4 Å². The van der Waals surface area contributed by atoms with Crippen LogP contribution in [0, 0.1) is 17.8 Å². The van der Waals surface area contributed by atoms with Gasteiger partial charge in [0, 0.05) is 6.42 Å². The van der Waals surface area contributed by atoms with E-state index >= 15 is 0 Å². The molecule has 11 heteroatoms. The number of carbonyl (C=O) groups is 5. The molecular weight excluding hydrogens is 442 g/mol. The lowest BCUT2D eigenvalue weighted by Crippen LogP contribution is -2.59. The molecule has 34 heavy (non-hydrogen) atoms. The Kier molecular flexibility index (Phi) is 14.1. The highest BCUT2D eigenvalue weighted by Gasteiger charge is 2.33. The van der Waals surface area contributed by atoms with E-state index in [1.807, 2.05) is 34.6 Å². The van der Waals surface area contributed by atoms with Crippen LogP contribution in [0.5, 0.6) is 0 Å². The Morgan fingerprint density at radius 3 is 1.76 bits per heavy atom. The van der Waals surface area contributed by atoms with E-state index in [1.165, 1.54) is 0 Å². The first-order valence-electron chi connectivity index (χ1n) is 11.9. The van der Waals surface area contributed by atoms with E-state index in [0.29, 0.717) is 12.8 Å². The number of hydrogen-bond donors (Lipinski definition) is 6. The molecule has 196 valence electrons. The van der Waals surface area contributed by atoms with Gasteiger partial charge in [-0.2, -0.15) is 0 Å². The summed E-state index contributed by atoms with van der Waals surface area (Å²) >= 11 is 0. The topological polar surface area (TPSA) is 194 Å². The fourth-order valence-electron chi connectivity index (χ4n) is 3.25. The number of nitrogens with one attached hydrogen (secondary N) is 3. The molecule has 0 rings (SSSR count). The van der Waals surface area contributed by atoms with Crippen LogP contribution in [-0.4, -0.2) is 58.9 Å². The zero-order chi connectivity index (χ0) is 26.6. The Bertz CT molecular complexity index is 714. The van der Waals surface area contributed by atoms with E-state index in [4.69, 9.17) is 11.5 Å². The molecule has 0 aliphatic heterocycles. The van der Waals surface area contributed by atoms with Crippen LogP contribution >= 0.6 is 0 Å². The summed E-state index contributed by atoms with van der Waals surface area (Å²) in [5, 5.41) is 17.1. The van der Waals surface area contributed by atoms with Crippen molar-refractivity contribution < 1.29 is 29.1 Å². The molecule has 0 radical (unpaired) electrons. The summed E-state index contributed by atoms with van der Waals surface area (Å²) < 4.78 is 0. The molecule has 8 N–H and O–H groups in total. The Labute approximate surface area is 202 Å². The van der Waals surface area contributed by atoms with E-state index in [0.717, 1.165) is 0 Å². The van der Waals surface area contributed by atoms with Gasteiger partial charge in [0.15, 0.2) is 0 Å². The Morgan fingerprint density at radius 1 is 0.794 bits per heavy atom. The normalized spacial score (nSPS) is 16.5. The maximum Gasteiger partial charge on any atom is 0.326 e. The molecule has 0 aromatic heterocycles. The van der Waals surface area contributed by atoms with Crippen molar-refractivity contribution in [2.75, 3.05) is 0 Å². The molecule has 0 aromatic carbocycles. The minimum absolute atomic E-state index is 0.000205. The highest BCUT2D eigenvalue weighted by molar-refractivity contribution is 5.94. The van der Waals surface area contributed by atoms with E-state index in [9.17, 15) is 29.1 Å². The Balaban J connectivity index is 5.66. The number of nitrogens with two attached hydrogens (primary N) is 2. The van der Waals surface area contributed by atoms with Crippen molar-refractivity contribution in [1.82, 2.24) is 16.0 Å². The van der Waals surface area contributed by atoms with Crippen LogP contribution in [-0.2, 0) is 24.0 Å². The highest BCUT2D eigenvalue weighted by atomic mass is 16.4. The number of carboxylic acids is 1. The molecule has 0 aromatic rings. The number of aliphatic carboxylic acids is 1. The van der Waals surface area contributed by atoms with E-state index in [2.05, 4.69) is 16.0 Å². The number of carbonyl (C=O) groups excluding carboxylic acids is 4. The van der Waals surface area contributed by atoms with Crippen LogP contribution in [0.15, 0.2) is 0 Å². The second kappa shape index (κ2) is 15.3. The molecule has 0 bridgehead atoms. The molecular formula is C23H43N5O6. The summed E-state index contributed by atoms with van der Waals surface area (Å²) in [6.07, 6.45) is 1.13. The first-order chi connectivity index (χ1) is 15.7. The summed E-state index contributed by atoms with van der Waals surface area (Å²) in [4.78, 5) is 61.4. The number of primary amides is 1. The predicted molar refractivity (Wildman–Crippen MR) is 128 cm³/mol. The van der Waals surface area contributed by atoms with Gasteiger partial charge < -0.3 is 32.5 Å². The summed E-state index contributed by atoms with van der Waals surface area (Å²) in [6.45, 7) is 11.0. The Hall–Kier alpha value is -2.69. The maximum atomic E-state index is 13.1. The summed E-state index contributed by atoms with van der Waals surface area (Å²) in [5.74, 6) is -4.09. The predicted octanol–water partition coefficient (Wildman–Crippen LogP) is 0.257. The highest BCUT2D eigenvalue weighted by Crippen LogP contribution is 2.12. The van der Waals surface area contributed by atoms with E-state index in [1.54, 1.807) is 6.92 Å². The molecule has 0 heterocycles. The van der Waals surface area contributed by atoms with Crippen LogP contribution in [0.25, 0.3) is 0 Å². The third-order valence-corrected chi connectivity index (χ3v) is 5.99. The zero-order valence-electron chi connectivity index (χ0n) is 21.2. The summed E-state index contributed by atoms with van der Waals surface area (Å²) in [6, 6.07) is -4.13. The summed E-state index contributed by atoms with van der Waals surface area (Å²) in [5.41, 5.74) is 11.2. The van der Waals surface area contributed by atoms with Gasteiger partial charge in [-0.25, -0.2) is 4.79 Å². The minimum Gasteiger partial charge on any atom is -0.480 e. The van der Waals surface area contributed by atoms with Crippen molar-refractivity contribution >= 4 is 29.6 Å².